The van der Waals surface area contributed by atoms with Crippen molar-refractivity contribution in [1.29, 1.82) is 0 Å². The molecule has 0 aliphatic heterocycles. The number of rotatable bonds is 42. The van der Waals surface area contributed by atoms with Gasteiger partial charge in [0.2, 0.25) is 0 Å². The van der Waals surface area contributed by atoms with Crippen LogP contribution in [0.4, 0.5) is 0 Å². The Morgan fingerprint density at radius 2 is 1.15 bits per heavy atom. The molecule has 0 saturated heterocycles. The Morgan fingerprint density at radius 3 is 1.80 bits per heavy atom. The van der Waals surface area contributed by atoms with Gasteiger partial charge in [0.15, 0.2) is 6.10 Å². The molecule has 4 atom stereocenters. The maximum Gasteiger partial charge on any atom is 0.472 e. The number of allylic oxidation sites excluding steroid dienone is 14. The van der Waals surface area contributed by atoms with Crippen molar-refractivity contribution in [2.24, 2.45) is 0 Å². The minimum Gasteiger partial charge on any atom is -0.462 e. The molecule has 0 radical (unpaired) electrons. The number of hydrogen-bond donors (Lipinski definition) is 3. The van der Waals surface area contributed by atoms with Crippen LogP contribution in [0.1, 0.15) is 149 Å². The zero-order valence-corrected chi connectivity index (χ0v) is 41.8. The molecule has 0 amide bonds. The van der Waals surface area contributed by atoms with E-state index in [4.69, 9.17) is 18.5 Å². The van der Waals surface area contributed by atoms with Crippen molar-refractivity contribution in [3.05, 3.63) is 109 Å². The molecular formula is C53H89NO10P+. The van der Waals surface area contributed by atoms with Crippen molar-refractivity contribution in [3.8, 4) is 0 Å². The zero-order chi connectivity index (χ0) is 48.1. The van der Waals surface area contributed by atoms with Crippen molar-refractivity contribution in [3.63, 3.8) is 0 Å². The SMILES string of the molecule is CC/C=C\C[C@@H](O)/C=C/C=C\C/C=C\C=C\[C@@H](O)/C=C\CCCC(=O)OC[C@H](COP(=O)(O)OCC[N+](C)(C)C)OC(=O)CCCCCCCC/C=C\C/C=C\C/C=C\CCCCCC. The Balaban J connectivity index is 4.58. The number of phosphoric acid groups is 1. The molecule has 0 aliphatic carbocycles. The van der Waals surface area contributed by atoms with E-state index < -0.39 is 44.7 Å². The fraction of sp³-hybridized carbons (Fsp3) is 0.623. The molecule has 12 heteroatoms. The summed E-state index contributed by atoms with van der Waals surface area (Å²) in [7, 11) is 1.33. The van der Waals surface area contributed by atoms with Crippen molar-refractivity contribution < 1.29 is 52.3 Å². The summed E-state index contributed by atoms with van der Waals surface area (Å²) in [6.45, 7) is 3.95. The number of esters is 2. The minimum atomic E-state index is -4.44. The van der Waals surface area contributed by atoms with Crippen LogP contribution in [0.25, 0.3) is 0 Å². The molecule has 0 heterocycles. The third kappa shape index (κ3) is 46.9. The molecular weight excluding hydrogens is 842 g/mol. The van der Waals surface area contributed by atoms with Gasteiger partial charge in [0, 0.05) is 12.8 Å². The first-order chi connectivity index (χ1) is 31.3. The van der Waals surface area contributed by atoms with Gasteiger partial charge >= 0.3 is 19.8 Å². The van der Waals surface area contributed by atoms with Gasteiger partial charge in [-0.15, -0.1) is 0 Å². The Hall–Kier alpha value is -3.41. The number of unbranched alkanes of at least 4 members (excludes halogenated alkanes) is 11. The minimum absolute atomic E-state index is 0.0108. The largest absolute Gasteiger partial charge is 0.472 e. The van der Waals surface area contributed by atoms with Crippen LogP contribution in [-0.2, 0) is 32.7 Å². The summed E-state index contributed by atoms with van der Waals surface area (Å²) >= 11 is 0. The first kappa shape index (κ1) is 61.6. The van der Waals surface area contributed by atoms with Gasteiger partial charge in [-0.25, -0.2) is 4.57 Å². The summed E-state index contributed by atoms with van der Waals surface area (Å²) < 4.78 is 34.2. The lowest BCUT2D eigenvalue weighted by Gasteiger charge is -2.24. The lowest BCUT2D eigenvalue weighted by atomic mass is 10.1. The maximum absolute atomic E-state index is 12.7. The highest BCUT2D eigenvalue weighted by Crippen LogP contribution is 2.43. The predicted octanol–water partition coefficient (Wildman–Crippen LogP) is 12.2. The van der Waals surface area contributed by atoms with E-state index in [9.17, 15) is 29.3 Å². The number of carbonyl (C=O) groups is 2. The number of phosphoric ester groups is 1. The van der Waals surface area contributed by atoms with Gasteiger partial charge in [-0.2, -0.15) is 0 Å². The van der Waals surface area contributed by atoms with Crippen LogP contribution in [0, 0.1) is 0 Å². The molecule has 3 N–H and O–H groups in total. The second kappa shape index (κ2) is 43.2. The number of aliphatic hydroxyl groups is 2. The van der Waals surface area contributed by atoms with Crippen molar-refractivity contribution in [2.45, 2.75) is 167 Å². The number of ether oxygens (including phenoxy) is 2. The summed E-state index contributed by atoms with van der Waals surface area (Å²) in [5, 5.41) is 20.1. The van der Waals surface area contributed by atoms with Gasteiger partial charge in [-0.3, -0.25) is 18.6 Å². The van der Waals surface area contributed by atoms with E-state index in [0.717, 1.165) is 57.8 Å². The first-order valence-corrected chi connectivity index (χ1v) is 25.8. The maximum atomic E-state index is 12.7. The van der Waals surface area contributed by atoms with Crippen LogP contribution in [0.2, 0.25) is 0 Å². The molecule has 0 fully saturated rings. The van der Waals surface area contributed by atoms with Gasteiger partial charge < -0.3 is 29.1 Å². The molecule has 65 heavy (non-hydrogen) atoms. The number of quaternary nitrogens is 1. The third-order valence-corrected chi connectivity index (χ3v) is 10.7. The van der Waals surface area contributed by atoms with Crippen LogP contribution in [0.15, 0.2) is 109 Å². The number of nitrogens with zero attached hydrogens (tertiary/aromatic N) is 1. The highest BCUT2D eigenvalue weighted by molar-refractivity contribution is 7.47. The fourth-order valence-corrected chi connectivity index (χ4v) is 6.62. The van der Waals surface area contributed by atoms with E-state index in [0.29, 0.717) is 43.1 Å². The smallest absolute Gasteiger partial charge is 0.462 e. The summed E-state index contributed by atoms with van der Waals surface area (Å²) in [6.07, 6.45) is 52.1. The van der Waals surface area contributed by atoms with E-state index in [1.165, 1.54) is 32.1 Å². The van der Waals surface area contributed by atoms with Crippen LogP contribution < -0.4 is 0 Å². The molecule has 0 spiro atoms. The molecule has 1 unspecified atom stereocenters. The number of carbonyl (C=O) groups excluding carboxylic acids is 2. The van der Waals surface area contributed by atoms with E-state index in [1.807, 2.05) is 63.7 Å². The average Bonchev–Trinajstić information content (AvgIpc) is 3.25. The zero-order valence-electron chi connectivity index (χ0n) is 40.9. The molecule has 0 aromatic heterocycles. The standard InChI is InChI=1S/C53H88NO10P/c1-6-8-10-11-12-13-14-15-16-17-18-19-20-21-22-23-24-28-31-37-44-53(58)64-51(48-63-65(59,60)62-46-45-54(3,4)5)47-61-52(57)43-38-32-36-42-50(56)41-35-30-27-25-26-29-34-40-49(55)39-33-9-7-2/h9,13-14,16-17,19-20,26-27,29-30,33-36,40-42,49-51,55-56H,6-8,10-12,15,18,21-25,28,31-32,37-39,43-48H2,1-5H3/p+1/b14-13-,17-16-,20-19-,29-26-,30-27-,33-9-,40-34+,41-35+,42-36-/t49-,50-,51-/m1/s1. The average molecular weight is 931 g/mol. The Labute approximate surface area is 394 Å². The fourth-order valence-electron chi connectivity index (χ4n) is 5.88. The summed E-state index contributed by atoms with van der Waals surface area (Å²) in [5.74, 6) is -1.01. The van der Waals surface area contributed by atoms with Crippen LogP contribution in [0.5, 0.6) is 0 Å². The Kier molecular flexibility index (Phi) is 40.9. The second-order valence-electron chi connectivity index (χ2n) is 17.2. The molecule has 0 aliphatic rings. The molecule has 0 rings (SSSR count). The Bertz CT molecular complexity index is 1500. The molecule has 0 saturated carbocycles. The van der Waals surface area contributed by atoms with Crippen molar-refractivity contribution in [2.75, 3.05) is 47.5 Å². The highest BCUT2D eigenvalue weighted by Gasteiger charge is 2.27. The lowest BCUT2D eigenvalue weighted by Crippen LogP contribution is -2.37. The van der Waals surface area contributed by atoms with Gasteiger partial charge in [0.05, 0.1) is 40.0 Å². The Morgan fingerprint density at radius 1 is 0.585 bits per heavy atom. The second-order valence-corrected chi connectivity index (χ2v) is 18.6. The number of aliphatic hydroxyl groups excluding tert-OH is 2. The van der Waals surface area contributed by atoms with Gasteiger partial charge in [-0.05, 0) is 77.0 Å². The normalized spacial score (nSPS) is 15.4. The molecule has 0 aromatic carbocycles. The quantitative estimate of drug-likeness (QED) is 0.0135. The summed E-state index contributed by atoms with van der Waals surface area (Å²) in [5.41, 5.74) is 0. The predicted molar refractivity (Wildman–Crippen MR) is 268 cm³/mol. The molecule has 11 nitrogen and oxygen atoms in total. The third-order valence-electron chi connectivity index (χ3n) is 9.71. The van der Waals surface area contributed by atoms with Crippen LogP contribution in [-0.4, -0.2) is 97.3 Å². The van der Waals surface area contributed by atoms with Crippen LogP contribution in [0.3, 0.4) is 0 Å². The monoisotopic (exact) mass is 931 g/mol. The van der Waals surface area contributed by atoms with Gasteiger partial charge in [0.25, 0.3) is 0 Å². The summed E-state index contributed by atoms with van der Waals surface area (Å²) in [4.78, 5) is 35.5. The van der Waals surface area contributed by atoms with Gasteiger partial charge in [0.1, 0.15) is 19.8 Å². The van der Waals surface area contributed by atoms with Crippen LogP contribution >= 0.6 is 7.82 Å². The molecule has 0 bridgehead atoms. The number of hydrogen-bond acceptors (Lipinski definition) is 9. The van der Waals surface area contributed by atoms with E-state index in [-0.39, 0.29) is 26.1 Å². The van der Waals surface area contributed by atoms with Gasteiger partial charge in [-0.1, -0.05) is 168 Å². The highest BCUT2D eigenvalue weighted by atomic mass is 31.2. The number of likely N-dealkylation sites (N-methyl/N-ethyl adjacent to an activating group) is 1. The topological polar surface area (TPSA) is 149 Å². The van der Waals surface area contributed by atoms with E-state index in [1.54, 1.807) is 30.4 Å². The first-order valence-electron chi connectivity index (χ1n) is 24.3. The summed E-state index contributed by atoms with van der Waals surface area (Å²) in [6, 6.07) is 0. The lowest BCUT2D eigenvalue weighted by molar-refractivity contribution is -0.870. The molecule has 370 valence electrons. The molecule has 0 aromatic rings. The van der Waals surface area contributed by atoms with E-state index in [2.05, 4.69) is 50.3 Å². The van der Waals surface area contributed by atoms with Crippen molar-refractivity contribution in [1.82, 2.24) is 0 Å². The van der Waals surface area contributed by atoms with E-state index >= 15 is 0 Å². The van der Waals surface area contributed by atoms with Crippen molar-refractivity contribution >= 4 is 19.8 Å².